The molecule has 4 aromatic rings. The van der Waals surface area contributed by atoms with E-state index in [-0.39, 0.29) is 0 Å². The Bertz CT molecular complexity index is 1220. The molecule has 0 saturated heterocycles. The number of aryl methyl sites for hydroxylation is 1. The Morgan fingerprint density at radius 3 is 2.77 bits per heavy atom. The molecule has 0 bridgehead atoms. The molecule has 0 fully saturated rings. The number of thiophene rings is 1. The first-order valence-electron chi connectivity index (χ1n) is 10.1. The smallest absolute Gasteiger partial charge is 0.174 e. The third-order valence-corrected chi connectivity index (χ3v) is 6.17. The summed E-state index contributed by atoms with van der Waals surface area (Å²) in [4.78, 5) is 1.06. The number of nitriles is 1. The third kappa shape index (κ3) is 3.46. The van der Waals surface area contributed by atoms with Crippen LogP contribution >= 0.6 is 11.3 Å². The largest absolute Gasteiger partial charge is 0.310 e. The average Bonchev–Trinajstić information content (AvgIpc) is 3.50. The van der Waals surface area contributed by atoms with E-state index in [0.717, 1.165) is 53.5 Å². The van der Waals surface area contributed by atoms with E-state index < -0.39 is 0 Å². The van der Waals surface area contributed by atoms with Gasteiger partial charge in [0.15, 0.2) is 5.82 Å². The Hall–Kier alpha value is -3.50. The van der Waals surface area contributed by atoms with Crippen LogP contribution in [0.3, 0.4) is 0 Å². The van der Waals surface area contributed by atoms with Crippen LogP contribution in [0.4, 0.5) is 0 Å². The highest BCUT2D eigenvalue weighted by Gasteiger charge is 2.19. The zero-order chi connectivity index (χ0) is 20.3. The summed E-state index contributed by atoms with van der Waals surface area (Å²) in [6, 6.07) is 16.4. The average molecular weight is 413 g/mol. The third-order valence-electron chi connectivity index (χ3n) is 5.29. The van der Waals surface area contributed by atoms with Gasteiger partial charge in [0.2, 0.25) is 0 Å². The molecule has 1 aromatic carbocycles. The topological polar surface area (TPSA) is 72.3 Å². The number of hydrogen-bond donors (Lipinski definition) is 0. The van der Waals surface area contributed by atoms with Crippen LogP contribution in [0.2, 0.25) is 0 Å². The van der Waals surface area contributed by atoms with Gasteiger partial charge in [0.05, 0.1) is 16.1 Å². The standard InChI is InChI=1S/C23H20N6S/c24-15-17(23-26-25-21-11-5-2-6-12-28(21)23)14-18-16-29(19-8-3-1-4-9-19)27-22(18)20-10-7-13-30-20/h1,3-4,7-10,13-14,16H,2,5-6,11-12H2/b17-14-. The lowest BCUT2D eigenvalue weighted by molar-refractivity contribution is 0.627. The van der Waals surface area contributed by atoms with Crippen molar-refractivity contribution in [2.45, 2.75) is 32.2 Å². The number of rotatable bonds is 4. The molecule has 0 N–H and O–H groups in total. The zero-order valence-electron chi connectivity index (χ0n) is 16.4. The first kappa shape index (κ1) is 18.5. The summed E-state index contributed by atoms with van der Waals surface area (Å²) < 4.78 is 3.97. The number of allylic oxidation sites excluding steroid dienone is 1. The van der Waals surface area contributed by atoms with Crippen molar-refractivity contribution in [3.8, 4) is 22.3 Å². The van der Waals surface area contributed by atoms with E-state index in [9.17, 15) is 5.26 Å². The maximum absolute atomic E-state index is 9.95. The number of aromatic nitrogens is 5. The molecule has 0 radical (unpaired) electrons. The molecule has 7 heteroatoms. The molecule has 6 nitrogen and oxygen atoms in total. The van der Waals surface area contributed by atoms with Crippen molar-refractivity contribution in [3.05, 3.63) is 71.3 Å². The summed E-state index contributed by atoms with van der Waals surface area (Å²) >= 11 is 1.64. The number of hydrogen-bond acceptors (Lipinski definition) is 5. The Morgan fingerprint density at radius 1 is 1.07 bits per heavy atom. The van der Waals surface area contributed by atoms with Crippen molar-refractivity contribution < 1.29 is 0 Å². The molecular formula is C23H20N6S. The monoisotopic (exact) mass is 412 g/mol. The van der Waals surface area contributed by atoms with Gasteiger partial charge in [-0.05, 0) is 42.5 Å². The molecule has 5 rings (SSSR count). The minimum atomic E-state index is 0.515. The Kier molecular flexibility index (Phi) is 4.99. The van der Waals surface area contributed by atoms with E-state index >= 15 is 0 Å². The summed E-state index contributed by atoms with van der Waals surface area (Å²) in [7, 11) is 0. The number of nitrogens with zero attached hydrogens (tertiary/aromatic N) is 6. The van der Waals surface area contributed by atoms with Crippen molar-refractivity contribution in [1.82, 2.24) is 24.5 Å². The fraction of sp³-hybridized carbons (Fsp3) is 0.217. The molecule has 1 aliphatic rings. The van der Waals surface area contributed by atoms with Crippen molar-refractivity contribution >= 4 is 23.0 Å². The molecule has 4 heterocycles. The van der Waals surface area contributed by atoms with Gasteiger partial charge in [-0.1, -0.05) is 30.7 Å². The van der Waals surface area contributed by atoms with Crippen LogP contribution in [0.25, 0.3) is 27.9 Å². The number of benzene rings is 1. The molecule has 30 heavy (non-hydrogen) atoms. The predicted octanol–water partition coefficient (Wildman–Crippen LogP) is 4.98. The number of fused-ring (bicyclic) bond motifs is 1. The van der Waals surface area contributed by atoms with Crippen LogP contribution < -0.4 is 0 Å². The van der Waals surface area contributed by atoms with E-state index in [0.29, 0.717) is 11.4 Å². The van der Waals surface area contributed by atoms with E-state index in [1.165, 1.54) is 6.42 Å². The van der Waals surface area contributed by atoms with Crippen molar-refractivity contribution in [1.29, 1.82) is 5.26 Å². The van der Waals surface area contributed by atoms with Crippen LogP contribution in [0, 0.1) is 11.3 Å². The molecule has 0 amide bonds. The fourth-order valence-corrected chi connectivity index (χ4v) is 4.53. The molecule has 0 unspecified atom stereocenters. The molecule has 0 saturated carbocycles. The van der Waals surface area contributed by atoms with E-state index in [4.69, 9.17) is 5.10 Å². The minimum Gasteiger partial charge on any atom is -0.310 e. The molecule has 148 valence electrons. The Morgan fingerprint density at radius 2 is 1.97 bits per heavy atom. The molecule has 0 atom stereocenters. The quantitative estimate of drug-likeness (QED) is 0.443. The normalized spacial score (nSPS) is 14.2. The lowest BCUT2D eigenvalue weighted by Crippen LogP contribution is -2.05. The SMILES string of the molecule is N#C/C(=C/c1cn(-c2ccccc2)nc1-c1cccs1)c1nnc2n1CCCCC2. The number of para-hydroxylation sites is 1. The lowest BCUT2D eigenvalue weighted by atomic mass is 10.1. The maximum atomic E-state index is 9.95. The van der Waals surface area contributed by atoms with E-state index in [1.54, 1.807) is 11.3 Å². The second-order valence-corrected chi connectivity index (χ2v) is 8.21. The lowest BCUT2D eigenvalue weighted by Gasteiger charge is -2.05. The second kappa shape index (κ2) is 8.09. The highest BCUT2D eigenvalue weighted by Crippen LogP contribution is 2.30. The first-order valence-corrected chi connectivity index (χ1v) is 10.9. The highest BCUT2D eigenvalue weighted by molar-refractivity contribution is 7.13. The Balaban J connectivity index is 1.62. The van der Waals surface area contributed by atoms with Gasteiger partial charge in [-0.25, -0.2) is 4.68 Å². The van der Waals surface area contributed by atoms with E-state index in [2.05, 4.69) is 26.9 Å². The van der Waals surface area contributed by atoms with Gasteiger partial charge in [-0.2, -0.15) is 10.4 Å². The predicted molar refractivity (Wildman–Crippen MR) is 118 cm³/mol. The van der Waals surface area contributed by atoms with Crippen LogP contribution in [-0.4, -0.2) is 24.5 Å². The minimum absolute atomic E-state index is 0.515. The fourth-order valence-electron chi connectivity index (χ4n) is 3.80. The van der Waals surface area contributed by atoms with Gasteiger partial charge >= 0.3 is 0 Å². The zero-order valence-corrected chi connectivity index (χ0v) is 17.2. The second-order valence-electron chi connectivity index (χ2n) is 7.26. The molecule has 0 aliphatic carbocycles. The van der Waals surface area contributed by atoms with Gasteiger partial charge < -0.3 is 4.57 Å². The molecular weight excluding hydrogens is 392 g/mol. The van der Waals surface area contributed by atoms with E-state index in [1.807, 2.05) is 58.7 Å². The summed E-state index contributed by atoms with van der Waals surface area (Å²) in [5, 5.41) is 25.5. The van der Waals surface area contributed by atoms with Gasteiger partial charge in [-0.15, -0.1) is 21.5 Å². The van der Waals surface area contributed by atoms with Gasteiger partial charge in [0.1, 0.15) is 17.6 Å². The van der Waals surface area contributed by atoms with Gasteiger partial charge in [0.25, 0.3) is 0 Å². The first-order chi connectivity index (χ1) is 14.8. The summed E-state index contributed by atoms with van der Waals surface area (Å²) in [5.41, 5.74) is 3.24. The summed E-state index contributed by atoms with van der Waals surface area (Å²) in [5.74, 6) is 1.63. The van der Waals surface area contributed by atoms with Gasteiger partial charge in [-0.3, -0.25) is 0 Å². The highest BCUT2D eigenvalue weighted by atomic mass is 32.1. The summed E-state index contributed by atoms with van der Waals surface area (Å²) in [6.07, 6.45) is 8.17. The van der Waals surface area contributed by atoms with Crippen LogP contribution in [0.15, 0.2) is 54.0 Å². The van der Waals surface area contributed by atoms with Crippen LogP contribution in [0.1, 0.15) is 36.5 Å². The Labute approximate surface area is 178 Å². The van der Waals surface area contributed by atoms with Gasteiger partial charge in [0, 0.05) is 24.7 Å². The van der Waals surface area contributed by atoms with Crippen LogP contribution in [0.5, 0.6) is 0 Å². The van der Waals surface area contributed by atoms with Crippen LogP contribution in [-0.2, 0) is 13.0 Å². The van der Waals surface area contributed by atoms with Crippen molar-refractivity contribution in [3.63, 3.8) is 0 Å². The summed E-state index contributed by atoms with van der Waals surface area (Å²) in [6.45, 7) is 0.859. The van der Waals surface area contributed by atoms with Crippen molar-refractivity contribution in [2.75, 3.05) is 0 Å². The molecule has 3 aromatic heterocycles. The molecule has 0 spiro atoms. The maximum Gasteiger partial charge on any atom is 0.174 e. The van der Waals surface area contributed by atoms with Crippen molar-refractivity contribution in [2.24, 2.45) is 0 Å². The molecule has 1 aliphatic heterocycles.